The summed E-state index contributed by atoms with van der Waals surface area (Å²) in [6, 6.07) is 5.85. The number of aryl methyl sites for hydroxylation is 1. The monoisotopic (exact) mass is 191 g/mol. The van der Waals surface area contributed by atoms with E-state index in [9.17, 15) is 0 Å². The molecule has 0 amide bonds. The van der Waals surface area contributed by atoms with Crippen LogP contribution in [0.5, 0.6) is 5.75 Å². The molecule has 0 unspecified atom stereocenters. The van der Waals surface area contributed by atoms with Gasteiger partial charge in [-0.15, -0.1) is 0 Å². The molecule has 1 aromatic heterocycles. The first kappa shape index (κ1) is 9.02. The van der Waals surface area contributed by atoms with Crippen LogP contribution in [0.1, 0.15) is 5.69 Å². The van der Waals surface area contributed by atoms with Crippen LogP contribution in [0, 0.1) is 0 Å². The van der Waals surface area contributed by atoms with Gasteiger partial charge < -0.3 is 10.5 Å². The molecule has 14 heavy (non-hydrogen) atoms. The lowest BCUT2D eigenvalue weighted by molar-refractivity contribution is 0.418. The lowest BCUT2D eigenvalue weighted by Gasteiger charge is -1.99. The molecule has 0 aliphatic heterocycles. The Hall–Kier alpha value is -1.55. The van der Waals surface area contributed by atoms with Gasteiger partial charge in [-0.05, 0) is 6.07 Å². The summed E-state index contributed by atoms with van der Waals surface area (Å²) in [5.74, 6) is 0.790. The molecule has 0 saturated heterocycles. The van der Waals surface area contributed by atoms with Gasteiger partial charge in [0.05, 0.1) is 12.8 Å². The minimum atomic E-state index is 0.486. The number of ether oxygens (including phenoxy) is 1. The van der Waals surface area contributed by atoms with Gasteiger partial charge in [0.25, 0.3) is 0 Å². The third kappa shape index (κ3) is 1.15. The van der Waals surface area contributed by atoms with Crippen LogP contribution in [0.25, 0.3) is 10.9 Å². The maximum atomic E-state index is 5.65. The Morgan fingerprint density at radius 2 is 2.29 bits per heavy atom. The highest BCUT2D eigenvalue weighted by molar-refractivity contribution is 5.86. The normalized spacial score (nSPS) is 10.8. The zero-order chi connectivity index (χ0) is 10.1. The minimum Gasteiger partial charge on any atom is -0.494 e. The quantitative estimate of drug-likeness (QED) is 0.771. The number of hydrogen-bond acceptors (Lipinski definition) is 3. The number of aromatic nitrogens is 2. The Morgan fingerprint density at radius 3 is 2.93 bits per heavy atom. The van der Waals surface area contributed by atoms with Crippen molar-refractivity contribution in [1.82, 2.24) is 9.78 Å². The molecule has 0 radical (unpaired) electrons. The fraction of sp³-hybridized carbons (Fsp3) is 0.300. The lowest BCUT2D eigenvalue weighted by Crippen LogP contribution is -2.04. The largest absolute Gasteiger partial charge is 0.494 e. The second kappa shape index (κ2) is 3.31. The predicted molar refractivity (Wildman–Crippen MR) is 55.2 cm³/mol. The predicted octanol–water partition coefficient (Wildman–Crippen LogP) is 1.04. The van der Waals surface area contributed by atoms with Crippen molar-refractivity contribution in [2.45, 2.75) is 6.54 Å². The summed E-state index contributed by atoms with van der Waals surface area (Å²) < 4.78 is 7.02. The molecule has 2 rings (SSSR count). The van der Waals surface area contributed by atoms with Crippen LogP contribution in [0.3, 0.4) is 0 Å². The Balaban J connectivity index is 2.79. The highest BCUT2D eigenvalue weighted by atomic mass is 16.5. The van der Waals surface area contributed by atoms with Crippen molar-refractivity contribution in [2.75, 3.05) is 7.11 Å². The van der Waals surface area contributed by atoms with Crippen LogP contribution in [0.2, 0.25) is 0 Å². The van der Waals surface area contributed by atoms with Gasteiger partial charge in [0.2, 0.25) is 0 Å². The molecule has 4 heteroatoms. The highest BCUT2D eigenvalue weighted by Gasteiger charge is 2.10. The van der Waals surface area contributed by atoms with Gasteiger partial charge >= 0.3 is 0 Å². The Morgan fingerprint density at radius 1 is 1.50 bits per heavy atom. The Labute approximate surface area is 82.3 Å². The molecular formula is C10H13N3O. The van der Waals surface area contributed by atoms with Crippen molar-refractivity contribution >= 4 is 10.9 Å². The van der Waals surface area contributed by atoms with E-state index in [1.807, 2.05) is 25.2 Å². The van der Waals surface area contributed by atoms with Crippen molar-refractivity contribution in [2.24, 2.45) is 12.8 Å². The molecule has 0 spiro atoms. The smallest absolute Gasteiger partial charge is 0.146 e. The van der Waals surface area contributed by atoms with Gasteiger partial charge in [-0.1, -0.05) is 12.1 Å². The summed E-state index contributed by atoms with van der Waals surface area (Å²) >= 11 is 0. The van der Waals surface area contributed by atoms with E-state index in [1.165, 1.54) is 0 Å². The summed E-state index contributed by atoms with van der Waals surface area (Å²) in [5, 5.41) is 5.43. The molecule has 1 aromatic carbocycles. The highest BCUT2D eigenvalue weighted by Crippen LogP contribution is 2.26. The number of methoxy groups -OCH3 is 1. The van der Waals surface area contributed by atoms with E-state index in [4.69, 9.17) is 10.5 Å². The Kier molecular flexibility index (Phi) is 2.13. The summed E-state index contributed by atoms with van der Waals surface area (Å²) in [6.07, 6.45) is 0. The second-order valence-corrected chi connectivity index (χ2v) is 3.13. The van der Waals surface area contributed by atoms with Crippen LogP contribution in [0.15, 0.2) is 18.2 Å². The molecule has 0 fully saturated rings. The fourth-order valence-corrected chi connectivity index (χ4v) is 1.65. The average Bonchev–Trinajstić information content (AvgIpc) is 2.52. The van der Waals surface area contributed by atoms with Crippen molar-refractivity contribution in [3.05, 3.63) is 23.9 Å². The third-order valence-electron chi connectivity index (χ3n) is 2.36. The van der Waals surface area contributed by atoms with Crippen molar-refractivity contribution in [3.8, 4) is 5.75 Å². The van der Waals surface area contributed by atoms with Gasteiger partial charge in [0.15, 0.2) is 0 Å². The first-order valence-electron chi connectivity index (χ1n) is 4.46. The van der Waals surface area contributed by atoms with Crippen LogP contribution in [-0.4, -0.2) is 16.9 Å². The first-order chi connectivity index (χ1) is 6.77. The van der Waals surface area contributed by atoms with Gasteiger partial charge in [-0.25, -0.2) is 0 Å². The van der Waals surface area contributed by atoms with Crippen LogP contribution >= 0.6 is 0 Å². The van der Waals surface area contributed by atoms with E-state index in [0.29, 0.717) is 6.54 Å². The van der Waals surface area contributed by atoms with Gasteiger partial charge in [0.1, 0.15) is 11.3 Å². The molecule has 74 valence electrons. The number of hydrogen-bond donors (Lipinski definition) is 1. The average molecular weight is 191 g/mol. The number of fused-ring (bicyclic) bond motifs is 1. The van der Waals surface area contributed by atoms with Crippen molar-refractivity contribution in [1.29, 1.82) is 0 Å². The molecule has 2 N–H and O–H groups in total. The maximum Gasteiger partial charge on any atom is 0.146 e. The van der Waals surface area contributed by atoms with E-state index >= 15 is 0 Å². The molecule has 0 aliphatic rings. The second-order valence-electron chi connectivity index (χ2n) is 3.13. The van der Waals surface area contributed by atoms with Gasteiger partial charge in [-0.3, -0.25) is 4.68 Å². The minimum absolute atomic E-state index is 0.486. The first-order valence-corrected chi connectivity index (χ1v) is 4.46. The maximum absolute atomic E-state index is 5.65. The summed E-state index contributed by atoms with van der Waals surface area (Å²) in [5.41, 5.74) is 7.55. The molecule has 0 bridgehead atoms. The Bertz CT molecular complexity index is 462. The van der Waals surface area contributed by atoms with Gasteiger partial charge in [-0.2, -0.15) is 5.10 Å². The number of nitrogens with zero attached hydrogens (tertiary/aromatic N) is 2. The number of nitrogens with two attached hydrogens (primary N) is 1. The van der Waals surface area contributed by atoms with Crippen LogP contribution < -0.4 is 10.5 Å². The summed E-state index contributed by atoms with van der Waals surface area (Å²) in [6.45, 7) is 0.486. The standard InChI is InChI=1S/C10H13N3O/c1-13-8(6-11)7-4-3-5-9(14-2)10(7)12-13/h3-5H,6,11H2,1-2H3. The molecule has 4 nitrogen and oxygen atoms in total. The SMILES string of the molecule is COc1cccc2c(CN)n(C)nc12. The molecule has 0 saturated carbocycles. The van der Waals surface area contributed by atoms with E-state index < -0.39 is 0 Å². The number of rotatable bonds is 2. The number of benzene rings is 1. The van der Waals surface area contributed by atoms with E-state index in [1.54, 1.807) is 11.8 Å². The fourth-order valence-electron chi connectivity index (χ4n) is 1.65. The van der Waals surface area contributed by atoms with E-state index in [-0.39, 0.29) is 0 Å². The lowest BCUT2D eigenvalue weighted by atomic mass is 10.2. The molecule has 0 aliphatic carbocycles. The van der Waals surface area contributed by atoms with Crippen LogP contribution in [-0.2, 0) is 13.6 Å². The van der Waals surface area contributed by atoms with E-state index in [0.717, 1.165) is 22.3 Å². The summed E-state index contributed by atoms with van der Waals surface area (Å²) in [7, 11) is 3.53. The van der Waals surface area contributed by atoms with Gasteiger partial charge in [0, 0.05) is 19.0 Å². The van der Waals surface area contributed by atoms with Crippen LogP contribution in [0.4, 0.5) is 0 Å². The van der Waals surface area contributed by atoms with Crippen molar-refractivity contribution in [3.63, 3.8) is 0 Å². The molecule has 1 heterocycles. The van der Waals surface area contributed by atoms with E-state index in [2.05, 4.69) is 5.10 Å². The van der Waals surface area contributed by atoms with Crippen molar-refractivity contribution < 1.29 is 4.74 Å². The zero-order valence-electron chi connectivity index (χ0n) is 8.32. The zero-order valence-corrected chi connectivity index (χ0v) is 8.32. The molecule has 0 atom stereocenters. The molecule has 2 aromatic rings. The third-order valence-corrected chi connectivity index (χ3v) is 2.36. The molecular weight excluding hydrogens is 178 g/mol. The topological polar surface area (TPSA) is 53.1 Å². The summed E-state index contributed by atoms with van der Waals surface area (Å²) in [4.78, 5) is 0.